The number of carbonyl (C=O) groups is 1. The van der Waals surface area contributed by atoms with E-state index in [1.165, 1.54) is 7.11 Å². The Hall–Kier alpha value is -6.28. The van der Waals surface area contributed by atoms with Crippen molar-refractivity contribution in [2.45, 2.75) is 6.17 Å². The molecule has 0 spiro atoms. The molecule has 0 fully saturated rings. The van der Waals surface area contributed by atoms with Crippen LogP contribution in [-0.4, -0.2) is 60.5 Å². The Bertz CT molecular complexity index is 1970. The number of methoxy groups -OCH3 is 6. The van der Waals surface area contributed by atoms with Crippen molar-refractivity contribution < 1.29 is 47.3 Å². The molecular weight excluding hydrogens is 648 g/mol. The molecule has 14 nitrogen and oxygen atoms in total. The molecule has 0 aliphatic carbocycles. The summed E-state index contributed by atoms with van der Waals surface area (Å²) in [6, 6.07) is 21.4. The van der Waals surface area contributed by atoms with E-state index in [0.29, 0.717) is 79.8 Å². The van der Waals surface area contributed by atoms with Gasteiger partial charge >= 0.3 is 0 Å². The Balaban J connectivity index is 1.11. The molecule has 5 aromatic rings. The molecule has 1 aliphatic rings. The number of anilines is 1. The number of aromatic nitrogens is 1. The minimum atomic E-state index is -0.477. The van der Waals surface area contributed by atoms with Crippen LogP contribution in [0.15, 0.2) is 77.3 Å². The summed E-state index contributed by atoms with van der Waals surface area (Å²) in [5, 5.41) is 10.5. The molecule has 0 saturated heterocycles. The molecular formula is C36H36N4O10. The molecule has 1 unspecified atom stereocenters. The average Bonchev–Trinajstić information content (AvgIpc) is 3.66. The van der Waals surface area contributed by atoms with Crippen LogP contribution in [0.4, 0.5) is 5.69 Å². The fourth-order valence-electron chi connectivity index (χ4n) is 5.41. The van der Waals surface area contributed by atoms with Crippen LogP contribution in [0.25, 0.3) is 22.6 Å². The van der Waals surface area contributed by atoms with E-state index in [0.717, 1.165) is 5.56 Å². The van der Waals surface area contributed by atoms with Gasteiger partial charge in [0.05, 0.1) is 48.2 Å². The monoisotopic (exact) mass is 684 g/mol. The molecule has 1 aromatic heterocycles. The van der Waals surface area contributed by atoms with Crippen LogP contribution < -0.4 is 54.1 Å². The number of amides is 1. The summed E-state index contributed by atoms with van der Waals surface area (Å²) in [4.78, 5) is 18.6. The lowest BCUT2D eigenvalue weighted by Gasteiger charge is -2.28. The first-order valence-electron chi connectivity index (χ1n) is 15.3. The summed E-state index contributed by atoms with van der Waals surface area (Å²) in [5.41, 5.74) is 6.75. The molecule has 0 radical (unpaired) electrons. The van der Waals surface area contributed by atoms with E-state index < -0.39 is 6.17 Å². The minimum Gasteiger partial charge on any atom is -0.497 e. The third-order valence-electron chi connectivity index (χ3n) is 7.96. The number of nitrogens with zero attached hydrogens (tertiary/aromatic N) is 1. The smallest absolute Gasteiger partial charge is 0.255 e. The lowest BCUT2D eigenvalue weighted by Crippen LogP contribution is -2.38. The van der Waals surface area contributed by atoms with Gasteiger partial charge in [0.25, 0.3) is 5.91 Å². The number of hydrogen-bond donors (Lipinski definition) is 3. The molecule has 14 heteroatoms. The molecule has 1 aliphatic heterocycles. The number of rotatable bonds is 14. The van der Waals surface area contributed by atoms with Crippen molar-refractivity contribution in [1.29, 1.82) is 0 Å². The number of fused-ring (bicyclic) bond motifs is 1. The molecule has 2 heterocycles. The third-order valence-corrected chi connectivity index (χ3v) is 7.96. The van der Waals surface area contributed by atoms with Crippen LogP contribution in [0.5, 0.6) is 46.0 Å². The van der Waals surface area contributed by atoms with E-state index in [-0.39, 0.29) is 12.6 Å². The van der Waals surface area contributed by atoms with Gasteiger partial charge in [-0.15, -0.1) is 5.48 Å². The molecule has 6 rings (SSSR count). The van der Waals surface area contributed by atoms with Crippen LogP contribution in [0.1, 0.15) is 22.1 Å². The number of carbonyl (C=O) groups excluding carboxylic acids is 1. The first-order valence-corrected chi connectivity index (χ1v) is 15.3. The highest BCUT2D eigenvalue weighted by Crippen LogP contribution is 2.42. The standard InChI is InChI=1S/C36H36N4O10/c1-42-23-9-10-25-24(17-23)36(41)39-35(38-25)21-8-12-28(30(14-21)44-3)48-19-37-49-31-13-20(7-11-27(31)43-2)29-18-26(40-50-29)22-15-32(45-4)34(47-6)33(16-22)46-5/h7-18,35,37-38H,19H2,1-6H3,(H,39,41). The second-order valence-electron chi connectivity index (χ2n) is 10.8. The molecule has 1 amide bonds. The maximum absolute atomic E-state index is 12.8. The van der Waals surface area contributed by atoms with E-state index in [9.17, 15) is 4.79 Å². The molecule has 1 atom stereocenters. The molecule has 0 bridgehead atoms. The second kappa shape index (κ2) is 14.9. The third kappa shape index (κ3) is 6.82. The van der Waals surface area contributed by atoms with Crippen LogP contribution in [0.2, 0.25) is 0 Å². The highest BCUT2D eigenvalue weighted by molar-refractivity contribution is 6.02. The maximum atomic E-state index is 12.8. The quantitative estimate of drug-likeness (QED) is 0.0731. The predicted octanol–water partition coefficient (Wildman–Crippen LogP) is 5.83. The Morgan fingerprint density at radius 1 is 0.680 bits per heavy atom. The predicted molar refractivity (Wildman–Crippen MR) is 183 cm³/mol. The van der Waals surface area contributed by atoms with E-state index in [4.69, 9.17) is 42.5 Å². The number of ether oxygens (including phenoxy) is 7. The zero-order valence-electron chi connectivity index (χ0n) is 28.2. The van der Waals surface area contributed by atoms with E-state index >= 15 is 0 Å². The van der Waals surface area contributed by atoms with Crippen molar-refractivity contribution in [3.63, 3.8) is 0 Å². The van der Waals surface area contributed by atoms with Gasteiger partial charge in [-0.3, -0.25) is 4.79 Å². The Kier molecular flexibility index (Phi) is 10.00. The number of nitrogens with one attached hydrogen (secondary N) is 3. The van der Waals surface area contributed by atoms with Gasteiger partial charge in [0, 0.05) is 22.9 Å². The van der Waals surface area contributed by atoms with Crippen molar-refractivity contribution in [2.75, 3.05) is 54.7 Å². The van der Waals surface area contributed by atoms with Gasteiger partial charge in [0.1, 0.15) is 17.6 Å². The first kappa shape index (κ1) is 33.6. The summed E-state index contributed by atoms with van der Waals surface area (Å²) in [5.74, 6) is 4.14. The van der Waals surface area contributed by atoms with E-state index in [2.05, 4.69) is 21.3 Å². The van der Waals surface area contributed by atoms with Crippen molar-refractivity contribution in [3.8, 4) is 68.6 Å². The summed E-state index contributed by atoms with van der Waals surface area (Å²) < 4.78 is 44.3. The van der Waals surface area contributed by atoms with Crippen LogP contribution in [0.3, 0.4) is 0 Å². The highest BCUT2D eigenvalue weighted by atomic mass is 16.7. The van der Waals surface area contributed by atoms with Gasteiger partial charge in [0.15, 0.2) is 47.0 Å². The lowest BCUT2D eigenvalue weighted by atomic mass is 10.0. The zero-order valence-corrected chi connectivity index (χ0v) is 28.2. The summed E-state index contributed by atoms with van der Waals surface area (Å²) in [6.45, 7) is -0.0374. The lowest BCUT2D eigenvalue weighted by molar-refractivity contribution is 0.0935. The van der Waals surface area contributed by atoms with Gasteiger partial charge in [-0.25, -0.2) is 0 Å². The Morgan fingerprint density at radius 2 is 1.40 bits per heavy atom. The number of hydrogen-bond acceptors (Lipinski definition) is 13. The fraction of sp³-hybridized carbons (Fsp3) is 0.222. The van der Waals surface area contributed by atoms with Crippen molar-refractivity contribution >= 4 is 11.6 Å². The SMILES string of the molecule is COc1ccc2c(c1)C(=O)NC(c1ccc(OCNOc3cc(-c4cc(-c5cc(OC)c(OC)c(OC)c5)no4)ccc3OC)c(OC)c1)N2. The Labute approximate surface area is 288 Å². The minimum absolute atomic E-state index is 0.0374. The molecule has 3 N–H and O–H groups in total. The second-order valence-corrected chi connectivity index (χ2v) is 10.8. The normalized spacial score (nSPS) is 13.3. The first-order chi connectivity index (χ1) is 24.4. The van der Waals surface area contributed by atoms with Crippen molar-refractivity contribution in [3.05, 3.63) is 83.9 Å². The topological polar surface area (TPSA) is 153 Å². The highest BCUT2D eigenvalue weighted by Gasteiger charge is 2.26. The summed E-state index contributed by atoms with van der Waals surface area (Å²) in [6.07, 6.45) is -0.477. The number of benzene rings is 4. The van der Waals surface area contributed by atoms with Gasteiger partial charge in [-0.1, -0.05) is 11.2 Å². The number of hydroxylamine groups is 1. The van der Waals surface area contributed by atoms with Crippen LogP contribution in [0, 0.1) is 0 Å². The van der Waals surface area contributed by atoms with Gasteiger partial charge in [-0.2, -0.15) is 0 Å². The van der Waals surface area contributed by atoms with Crippen molar-refractivity contribution in [2.24, 2.45) is 0 Å². The molecule has 260 valence electrons. The molecule has 0 saturated carbocycles. The molecule has 4 aromatic carbocycles. The van der Waals surface area contributed by atoms with Crippen LogP contribution in [-0.2, 0) is 0 Å². The van der Waals surface area contributed by atoms with Gasteiger partial charge < -0.3 is 53.2 Å². The van der Waals surface area contributed by atoms with Crippen LogP contribution >= 0.6 is 0 Å². The maximum Gasteiger partial charge on any atom is 0.255 e. The summed E-state index contributed by atoms with van der Waals surface area (Å²) in [7, 11) is 9.28. The van der Waals surface area contributed by atoms with Gasteiger partial charge in [-0.05, 0) is 66.2 Å². The summed E-state index contributed by atoms with van der Waals surface area (Å²) >= 11 is 0. The fourth-order valence-corrected chi connectivity index (χ4v) is 5.41. The molecule has 50 heavy (non-hydrogen) atoms. The van der Waals surface area contributed by atoms with Gasteiger partial charge in [0.2, 0.25) is 5.75 Å². The Morgan fingerprint density at radius 3 is 2.10 bits per heavy atom. The van der Waals surface area contributed by atoms with E-state index in [1.54, 1.807) is 90.1 Å². The average molecular weight is 685 g/mol. The largest absolute Gasteiger partial charge is 0.497 e. The van der Waals surface area contributed by atoms with Crippen molar-refractivity contribution in [1.82, 2.24) is 16.0 Å². The zero-order chi connectivity index (χ0) is 35.2. The van der Waals surface area contributed by atoms with E-state index in [1.807, 2.05) is 18.2 Å².